The standard InChI is InChI=1S/C19H21N3O2/c1-15(21-24-19(23)22-13-3-2-4-14-22)16-5-7-17(8-6-16)18-9-11-20-12-10-18/h5-12H,2-4,13-14H2,1H3. The summed E-state index contributed by atoms with van der Waals surface area (Å²) in [6, 6.07) is 11.9. The van der Waals surface area contributed by atoms with Crippen LogP contribution in [0, 0.1) is 0 Å². The second kappa shape index (κ2) is 7.73. The molecule has 1 aromatic carbocycles. The summed E-state index contributed by atoms with van der Waals surface area (Å²) in [5.41, 5.74) is 3.84. The van der Waals surface area contributed by atoms with E-state index in [0.717, 1.165) is 42.6 Å². The molecule has 5 heteroatoms. The van der Waals surface area contributed by atoms with Crippen LogP contribution in [0.4, 0.5) is 4.79 Å². The number of likely N-dealkylation sites (tertiary alicyclic amines) is 1. The van der Waals surface area contributed by atoms with Crippen LogP contribution in [-0.4, -0.2) is 34.8 Å². The highest BCUT2D eigenvalue weighted by Crippen LogP contribution is 2.19. The number of oxime groups is 1. The smallest absolute Gasteiger partial charge is 0.306 e. The SMILES string of the molecule is CC(=NOC(=O)N1CCCCC1)c1ccc(-c2ccncc2)cc1. The number of carbonyl (C=O) groups excluding carboxylic acids is 1. The fourth-order valence-electron chi connectivity index (χ4n) is 2.74. The molecular formula is C19H21N3O2. The van der Waals surface area contributed by atoms with Gasteiger partial charge in [0.25, 0.3) is 0 Å². The average Bonchev–Trinajstić information content (AvgIpc) is 2.67. The van der Waals surface area contributed by atoms with E-state index in [4.69, 9.17) is 4.84 Å². The van der Waals surface area contributed by atoms with Crippen molar-refractivity contribution in [2.24, 2.45) is 5.16 Å². The minimum Gasteiger partial charge on any atom is -0.306 e. The van der Waals surface area contributed by atoms with Crippen molar-refractivity contribution in [2.45, 2.75) is 26.2 Å². The molecule has 24 heavy (non-hydrogen) atoms. The lowest BCUT2D eigenvalue weighted by Gasteiger charge is -2.24. The predicted octanol–water partition coefficient (Wildman–Crippen LogP) is 4.10. The van der Waals surface area contributed by atoms with E-state index < -0.39 is 0 Å². The molecule has 5 nitrogen and oxygen atoms in total. The molecule has 0 radical (unpaired) electrons. The normalized spacial score (nSPS) is 15.2. The predicted molar refractivity (Wildman–Crippen MR) is 93.8 cm³/mol. The van der Waals surface area contributed by atoms with E-state index >= 15 is 0 Å². The lowest BCUT2D eigenvalue weighted by atomic mass is 10.0. The maximum Gasteiger partial charge on any atom is 0.435 e. The van der Waals surface area contributed by atoms with E-state index in [9.17, 15) is 4.79 Å². The molecule has 0 unspecified atom stereocenters. The second-order valence-electron chi connectivity index (χ2n) is 5.89. The molecule has 0 atom stereocenters. The summed E-state index contributed by atoms with van der Waals surface area (Å²) < 4.78 is 0. The number of nitrogens with zero attached hydrogens (tertiary/aromatic N) is 3. The van der Waals surface area contributed by atoms with Crippen LogP contribution < -0.4 is 0 Å². The molecule has 0 N–H and O–H groups in total. The molecule has 1 aromatic heterocycles. The summed E-state index contributed by atoms with van der Waals surface area (Å²) in [5, 5.41) is 3.99. The molecule has 3 rings (SSSR count). The van der Waals surface area contributed by atoms with Crippen molar-refractivity contribution in [1.29, 1.82) is 0 Å². The van der Waals surface area contributed by atoms with Crippen molar-refractivity contribution in [3.63, 3.8) is 0 Å². The minimum absolute atomic E-state index is 0.359. The van der Waals surface area contributed by atoms with Crippen molar-refractivity contribution < 1.29 is 9.63 Å². The first kappa shape index (κ1) is 16.2. The lowest BCUT2D eigenvalue weighted by molar-refractivity contribution is 0.0982. The fraction of sp³-hybridized carbons (Fsp3) is 0.316. The third-order valence-corrected chi connectivity index (χ3v) is 4.19. The maximum atomic E-state index is 12.0. The Bertz CT molecular complexity index is 705. The van der Waals surface area contributed by atoms with Gasteiger partial charge in [-0.15, -0.1) is 0 Å². The molecule has 1 saturated heterocycles. The van der Waals surface area contributed by atoms with Crippen molar-refractivity contribution >= 4 is 11.8 Å². The molecule has 1 aliphatic heterocycles. The zero-order valence-electron chi connectivity index (χ0n) is 13.8. The number of hydrogen-bond donors (Lipinski definition) is 0. The van der Waals surface area contributed by atoms with Crippen LogP contribution >= 0.6 is 0 Å². The fourth-order valence-corrected chi connectivity index (χ4v) is 2.74. The van der Waals surface area contributed by atoms with Gasteiger partial charge in [0.05, 0.1) is 5.71 Å². The highest BCUT2D eigenvalue weighted by molar-refractivity contribution is 5.99. The number of pyridine rings is 1. The Morgan fingerprint density at radius 2 is 1.62 bits per heavy atom. The third-order valence-electron chi connectivity index (χ3n) is 4.19. The number of carbonyl (C=O) groups is 1. The van der Waals surface area contributed by atoms with Gasteiger partial charge in [0.15, 0.2) is 0 Å². The van der Waals surface area contributed by atoms with Gasteiger partial charge in [-0.05, 0) is 55.0 Å². The molecule has 0 aliphatic carbocycles. The van der Waals surface area contributed by atoms with Crippen molar-refractivity contribution in [1.82, 2.24) is 9.88 Å². The molecule has 0 spiro atoms. The number of rotatable bonds is 3. The van der Waals surface area contributed by atoms with E-state index in [1.807, 2.05) is 43.3 Å². The van der Waals surface area contributed by atoms with Gasteiger partial charge in [0.2, 0.25) is 0 Å². The van der Waals surface area contributed by atoms with Gasteiger partial charge in [-0.25, -0.2) is 4.79 Å². The van der Waals surface area contributed by atoms with Crippen LogP contribution in [0.5, 0.6) is 0 Å². The Balaban J connectivity index is 1.64. The zero-order valence-corrected chi connectivity index (χ0v) is 13.8. The van der Waals surface area contributed by atoms with E-state index in [-0.39, 0.29) is 6.09 Å². The van der Waals surface area contributed by atoms with Gasteiger partial charge in [0.1, 0.15) is 0 Å². The monoisotopic (exact) mass is 323 g/mol. The van der Waals surface area contributed by atoms with Crippen molar-refractivity contribution in [2.75, 3.05) is 13.1 Å². The first-order chi connectivity index (χ1) is 11.7. The summed E-state index contributed by atoms with van der Waals surface area (Å²) >= 11 is 0. The largest absolute Gasteiger partial charge is 0.435 e. The van der Waals surface area contributed by atoms with E-state index in [1.54, 1.807) is 17.3 Å². The van der Waals surface area contributed by atoms with Gasteiger partial charge >= 0.3 is 6.09 Å². The third kappa shape index (κ3) is 3.98. The van der Waals surface area contributed by atoms with Gasteiger partial charge < -0.3 is 4.90 Å². The maximum absolute atomic E-state index is 12.0. The van der Waals surface area contributed by atoms with Gasteiger partial charge in [-0.2, -0.15) is 0 Å². The van der Waals surface area contributed by atoms with Crippen molar-refractivity contribution in [3.8, 4) is 11.1 Å². The molecule has 2 heterocycles. The number of aromatic nitrogens is 1. The highest BCUT2D eigenvalue weighted by atomic mass is 16.7. The van der Waals surface area contributed by atoms with Gasteiger partial charge in [-0.3, -0.25) is 9.82 Å². The summed E-state index contributed by atoms with van der Waals surface area (Å²) in [6.45, 7) is 3.35. The molecule has 124 valence electrons. The summed E-state index contributed by atoms with van der Waals surface area (Å²) in [5.74, 6) is 0. The van der Waals surface area contributed by atoms with Crippen LogP contribution in [0.3, 0.4) is 0 Å². The van der Waals surface area contributed by atoms with Crippen LogP contribution in [0.1, 0.15) is 31.7 Å². The van der Waals surface area contributed by atoms with Crippen LogP contribution in [0.25, 0.3) is 11.1 Å². The van der Waals surface area contributed by atoms with E-state index in [0.29, 0.717) is 5.71 Å². The second-order valence-corrected chi connectivity index (χ2v) is 5.89. The first-order valence-corrected chi connectivity index (χ1v) is 8.25. The Morgan fingerprint density at radius 3 is 2.29 bits per heavy atom. The number of hydrogen-bond acceptors (Lipinski definition) is 4. The van der Waals surface area contributed by atoms with Gasteiger partial charge in [0, 0.05) is 25.5 Å². The molecule has 1 fully saturated rings. The first-order valence-electron chi connectivity index (χ1n) is 8.25. The minimum atomic E-state index is -0.359. The summed E-state index contributed by atoms with van der Waals surface area (Å²) in [7, 11) is 0. The summed E-state index contributed by atoms with van der Waals surface area (Å²) in [6.07, 6.45) is 6.44. The quantitative estimate of drug-likeness (QED) is 0.485. The number of benzene rings is 1. The Morgan fingerprint density at radius 1 is 1.00 bits per heavy atom. The zero-order chi connectivity index (χ0) is 16.8. The molecule has 1 aliphatic rings. The van der Waals surface area contributed by atoms with Gasteiger partial charge in [-0.1, -0.05) is 29.4 Å². The molecule has 0 bridgehead atoms. The highest BCUT2D eigenvalue weighted by Gasteiger charge is 2.17. The Hall–Kier alpha value is -2.69. The summed E-state index contributed by atoms with van der Waals surface area (Å²) in [4.78, 5) is 22.8. The van der Waals surface area contributed by atoms with Crippen LogP contribution in [0.15, 0.2) is 53.9 Å². The Kier molecular flexibility index (Phi) is 5.21. The number of piperidine rings is 1. The molecule has 1 amide bonds. The average molecular weight is 323 g/mol. The van der Waals surface area contributed by atoms with E-state index in [2.05, 4.69) is 10.1 Å². The van der Waals surface area contributed by atoms with Crippen LogP contribution in [0.2, 0.25) is 0 Å². The topological polar surface area (TPSA) is 54.8 Å². The molecule has 0 saturated carbocycles. The molecular weight excluding hydrogens is 302 g/mol. The lowest BCUT2D eigenvalue weighted by Crippen LogP contribution is -2.35. The van der Waals surface area contributed by atoms with E-state index in [1.165, 1.54) is 6.42 Å². The Labute approximate surface area is 142 Å². The van der Waals surface area contributed by atoms with Crippen molar-refractivity contribution in [3.05, 3.63) is 54.4 Å². The number of amides is 1. The molecule has 2 aromatic rings. The van der Waals surface area contributed by atoms with Crippen LogP contribution in [-0.2, 0) is 4.84 Å².